The van der Waals surface area contributed by atoms with Crippen molar-refractivity contribution in [2.45, 2.75) is 44.7 Å². The molecule has 0 heterocycles. The summed E-state index contributed by atoms with van der Waals surface area (Å²) in [6.45, 7) is 7.21. The maximum absolute atomic E-state index is 12.6. The van der Waals surface area contributed by atoms with E-state index >= 15 is 0 Å². The summed E-state index contributed by atoms with van der Waals surface area (Å²) in [5, 5.41) is 3.28. The minimum Gasteiger partial charge on any atom is -0.310 e. The first-order valence-corrected chi connectivity index (χ1v) is 8.61. The van der Waals surface area contributed by atoms with Crippen molar-refractivity contribution in [1.82, 2.24) is 9.62 Å². The molecule has 0 aliphatic rings. The summed E-state index contributed by atoms with van der Waals surface area (Å²) in [5.74, 6) is 2.42. The Labute approximate surface area is 128 Å². The van der Waals surface area contributed by atoms with Gasteiger partial charge < -0.3 is 5.32 Å². The van der Waals surface area contributed by atoms with Crippen LogP contribution in [0.25, 0.3) is 0 Å². The maximum Gasteiger partial charge on any atom is 0.243 e. The van der Waals surface area contributed by atoms with Crippen LogP contribution < -0.4 is 5.32 Å². The van der Waals surface area contributed by atoms with Crippen molar-refractivity contribution in [3.8, 4) is 12.3 Å². The molecule has 1 aromatic carbocycles. The molecule has 1 N–H and O–H groups in total. The molecule has 0 saturated heterocycles. The van der Waals surface area contributed by atoms with Crippen LogP contribution in [0.2, 0.25) is 0 Å². The molecule has 4 nitrogen and oxygen atoms in total. The van der Waals surface area contributed by atoms with Crippen molar-refractivity contribution in [3.05, 3.63) is 29.8 Å². The predicted octanol–water partition coefficient (Wildman–Crippen LogP) is 2.22. The van der Waals surface area contributed by atoms with Gasteiger partial charge in [-0.3, -0.25) is 0 Å². The average molecular weight is 308 g/mol. The molecule has 1 rings (SSSR count). The van der Waals surface area contributed by atoms with Crippen molar-refractivity contribution in [2.24, 2.45) is 0 Å². The zero-order valence-electron chi connectivity index (χ0n) is 13.0. The van der Waals surface area contributed by atoms with Crippen LogP contribution in [0.4, 0.5) is 0 Å². The highest BCUT2D eigenvalue weighted by molar-refractivity contribution is 7.89. The Morgan fingerprint density at radius 1 is 1.38 bits per heavy atom. The Hall–Kier alpha value is -1.35. The molecule has 0 amide bonds. The first kappa shape index (κ1) is 17.7. The Bertz CT molecular complexity index is 589. The summed E-state index contributed by atoms with van der Waals surface area (Å²) < 4.78 is 26.6. The van der Waals surface area contributed by atoms with Gasteiger partial charge in [-0.2, -0.15) is 4.31 Å². The third-order valence-corrected chi connectivity index (χ3v) is 4.83. The van der Waals surface area contributed by atoms with E-state index in [1.165, 1.54) is 4.31 Å². The Morgan fingerprint density at radius 2 is 2.10 bits per heavy atom. The van der Waals surface area contributed by atoms with Gasteiger partial charge in [-0.15, -0.1) is 6.42 Å². The number of terminal acetylenes is 1. The molecule has 0 unspecified atom stereocenters. The first-order valence-electron chi connectivity index (χ1n) is 7.17. The number of hydrogen-bond donors (Lipinski definition) is 1. The van der Waals surface area contributed by atoms with Gasteiger partial charge in [0.1, 0.15) is 0 Å². The summed E-state index contributed by atoms with van der Waals surface area (Å²) in [7, 11) is -3.52. The minimum absolute atomic E-state index is 0.102. The highest BCUT2D eigenvalue weighted by Crippen LogP contribution is 2.17. The summed E-state index contributed by atoms with van der Waals surface area (Å²) >= 11 is 0. The summed E-state index contributed by atoms with van der Waals surface area (Å²) in [6, 6.07) is 7.37. The minimum atomic E-state index is -3.52. The van der Waals surface area contributed by atoms with Gasteiger partial charge in [0.15, 0.2) is 0 Å². The van der Waals surface area contributed by atoms with E-state index in [4.69, 9.17) is 6.42 Å². The Kier molecular flexibility index (Phi) is 6.90. The van der Waals surface area contributed by atoms with Gasteiger partial charge in [-0.1, -0.05) is 38.8 Å². The van der Waals surface area contributed by atoms with E-state index in [-0.39, 0.29) is 6.54 Å². The van der Waals surface area contributed by atoms with E-state index < -0.39 is 10.0 Å². The Morgan fingerprint density at radius 3 is 2.67 bits per heavy atom. The number of hydrogen-bond acceptors (Lipinski definition) is 3. The number of sulfonamides is 1. The molecule has 0 aromatic heterocycles. The predicted molar refractivity (Wildman–Crippen MR) is 86.3 cm³/mol. The van der Waals surface area contributed by atoms with Gasteiger partial charge in [0, 0.05) is 19.1 Å². The number of rotatable bonds is 8. The van der Waals surface area contributed by atoms with E-state index in [0.29, 0.717) is 24.0 Å². The second kappa shape index (κ2) is 8.18. The lowest BCUT2D eigenvalue weighted by molar-refractivity contribution is 0.445. The summed E-state index contributed by atoms with van der Waals surface area (Å²) in [4.78, 5) is 0.300. The van der Waals surface area contributed by atoms with Crippen molar-refractivity contribution in [2.75, 3.05) is 13.1 Å². The van der Waals surface area contributed by atoms with E-state index in [2.05, 4.69) is 25.1 Å². The van der Waals surface area contributed by atoms with Crippen molar-refractivity contribution in [3.63, 3.8) is 0 Å². The fourth-order valence-electron chi connectivity index (χ4n) is 1.92. The topological polar surface area (TPSA) is 49.4 Å². The van der Waals surface area contributed by atoms with Gasteiger partial charge in [0.25, 0.3) is 0 Å². The second-order valence-corrected chi connectivity index (χ2v) is 7.16. The van der Waals surface area contributed by atoms with Crippen LogP contribution >= 0.6 is 0 Å². The molecule has 0 aliphatic carbocycles. The third-order valence-electron chi connectivity index (χ3n) is 2.99. The SMILES string of the molecule is C#CCN(CCC)S(=O)(=O)c1cccc(CNC(C)C)c1. The van der Waals surface area contributed by atoms with Gasteiger partial charge in [0.05, 0.1) is 11.4 Å². The largest absolute Gasteiger partial charge is 0.310 e. The van der Waals surface area contributed by atoms with E-state index in [1.54, 1.807) is 18.2 Å². The summed E-state index contributed by atoms with van der Waals surface area (Å²) in [5.41, 5.74) is 0.946. The molecule has 0 atom stereocenters. The molecule has 0 radical (unpaired) electrons. The molecule has 0 spiro atoms. The molecule has 5 heteroatoms. The lowest BCUT2D eigenvalue weighted by Crippen LogP contribution is -2.32. The van der Waals surface area contributed by atoms with Crippen LogP contribution in [0, 0.1) is 12.3 Å². The average Bonchev–Trinajstić information content (AvgIpc) is 2.45. The van der Waals surface area contributed by atoms with Gasteiger partial charge in [-0.05, 0) is 24.1 Å². The van der Waals surface area contributed by atoms with Crippen molar-refractivity contribution in [1.29, 1.82) is 0 Å². The highest BCUT2D eigenvalue weighted by atomic mass is 32.2. The van der Waals surface area contributed by atoms with Gasteiger partial charge >= 0.3 is 0 Å². The van der Waals surface area contributed by atoms with Crippen LogP contribution in [-0.2, 0) is 16.6 Å². The first-order chi connectivity index (χ1) is 9.91. The van der Waals surface area contributed by atoms with Crippen LogP contribution in [0.15, 0.2) is 29.2 Å². The number of nitrogens with zero attached hydrogens (tertiary/aromatic N) is 1. The van der Waals surface area contributed by atoms with E-state index in [1.807, 2.05) is 13.0 Å². The lowest BCUT2D eigenvalue weighted by atomic mass is 10.2. The van der Waals surface area contributed by atoms with Gasteiger partial charge in [-0.25, -0.2) is 8.42 Å². The quantitative estimate of drug-likeness (QED) is 0.749. The molecule has 0 bridgehead atoms. The molecular weight excluding hydrogens is 284 g/mol. The summed E-state index contributed by atoms with van der Waals surface area (Å²) in [6.07, 6.45) is 6.01. The van der Waals surface area contributed by atoms with E-state index in [9.17, 15) is 8.42 Å². The molecule has 116 valence electrons. The van der Waals surface area contributed by atoms with Crippen LogP contribution in [0.3, 0.4) is 0 Å². The van der Waals surface area contributed by atoms with Crippen molar-refractivity contribution >= 4 is 10.0 Å². The van der Waals surface area contributed by atoms with Crippen molar-refractivity contribution < 1.29 is 8.42 Å². The zero-order valence-corrected chi connectivity index (χ0v) is 13.8. The van der Waals surface area contributed by atoms with Gasteiger partial charge in [0.2, 0.25) is 10.0 Å². The highest BCUT2D eigenvalue weighted by Gasteiger charge is 2.23. The van der Waals surface area contributed by atoms with E-state index in [0.717, 1.165) is 12.0 Å². The smallest absolute Gasteiger partial charge is 0.243 e. The second-order valence-electron chi connectivity index (χ2n) is 5.23. The molecule has 0 aliphatic heterocycles. The molecule has 0 saturated carbocycles. The maximum atomic E-state index is 12.6. The van der Waals surface area contributed by atoms with Crippen LogP contribution in [0.5, 0.6) is 0 Å². The molecule has 1 aromatic rings. The fourth-order valence-corrected chi connectivity index (χ4v) is 3.44. The zero-order chi connectivity index (χ0) is 15.9. The molecule has 21 heavy (non-hydrogen) atoms. The lowest BCUT2D eigenvalue weighted by Gasteiger charge is -2.19. The third kappa shape index (κ3) is 5.16. The normalized spacial score (nSPS) is 11.8. The van der Waals surface area contributed by atoms with Crippen LogP contribution in [-0.4, -0.2) is 31.9 Å². The number of benzene rings is 1. The Balaban J connectivity index is 3.02. The van der Waals surface area contributed by atoms with Crippen LogP contribution in [0.1, 0.15) is 32.8 Å². The molecule has 0 fully saturated rings. The fraction of sp³-hybridized carbons (Fsp3) is 0.500. The number of nitrogens with one attached hydrogen (secondary N) is 1. The monoisotopic (exact) mass is 308 g/mol. The standard InChI is InChI=1S/C16H24N2O2S/c1-5-10-18(11-6-2)21(19,20)16-9-7-8-15(12-16)13-17-14(3)4/h1,7-9,12,14,17H,6,10-11,13H2,2-4H3. The molecular formula is C16H24N2O2S.